The van der Waals surface area contributed by atoms with E-state index in [-0.39, 0.29) is 24.3 Å². The fourth-order valence-corrected chi connectivity index (χ4v) is 3.86. The smallest absolute Gasteiger partial charge is 0.252 e. The Bertz CT molecular complexity index is 622. The number of rotatable bonds is 7. The molecule has 0 unspecified atom stereocenters. The van der Waals surface area contributed by atoms with E-state index >= 15 is 0 Å². The van der Waals surface area contributed by atoms with Crippen molar-refractivity contribution in [3.8, 4) is 0 Å². The van der Waals surface area contributed by atoms with Gasteiger partial charge in [-0.2, -0.15) is 0 Å². The van der Waals surface area contributed by atoms with Gasteiger partial charge in [-0.15, -0.1) is 0 Å². The summed E-state index contributed by atoms with van der Waals surface area (Å²) in [6.45, 7) is 7.26. The van der Waals surface area contributed by atoms with Crippen molar-refractivity contribution in [3.05, 3.63) is 34.9 Å². The lowest BCUT2D eigenvalue weighted by molar-refractivity contribution is -0.122. The topological polar surface area (TPSA) is 58.2 Å². The van der Waals surface area contributed by atoms with E-state index in [2.05, 4.69) is 31.4 Å². The number of amides is 2. The van der Waals surface area contributed by atoms with E-state index in [9.17, 15) is 9.59 Å². The lowest BCUT2D eigenvalue weighted by Crippen LogP contribution is -2.41. The standard InChI is InChI=1S/C21H31ClN2O2/c1-4-21(2,3)15-9-11-16(12-10-15)24-19(25)13-14-23-20(26)17-7-5-6-8-18(17)22/h5-8,15-16H,4,9-14H2,1-3H3,(H,23,26)(H,24,25). The molecule has 2 N–H and O–H groups in total. The number of halogens is 1. The Morgan fingerprint density at radius 3 is 2.42 bits per heavy atom. The van der Waals surface area contributed by atoms with Gasteiger partial charge in [0, 0.05) is 19.0 Å². The zero-order valence-corrected chi connectivity index (χ0v) is 16.9. The predicted octanol–water partition coefficient (Wildman–Crippen LogP) is 4.57. The second-order valence-electron chi connectivity index (χ2n) is 7.94. The molecule has 1 aromatic carbocycles. The summed E-state index contributed by atoms with van der Waals surface area (Å²) in [5, 5.41) is 6.29. The average Bonchev–Trinajstić information content (AvgIpc) is 2.62. The molecular formula is C21H31ClN2O2. The molecule has 0 radical (unpaired) electrons. The van der Waals surface area contributed by atoms with Gasteiger partial charge in [0.25, 0.3) is 5.91 Å². The molecule has 5 heteroatoms. The van der Waals surface area contributed by atoms with Crippen molar-refractivity contribution in [2.45, 2.75) is 65.3 Å². The van der Waals surface area contributed by atoms with Gasteiger partial charge < -0.3 is 10.6 Å². The van der Waals surface area contributed by atoms with Gasteiger partial charge in [-0.1, -0.05) is 50.9 Å². The first-order chi connectivity index (χ1) is 12.3. The largest absolute Gasteiger partial charge is 0.353 e. The lowest BCUT2D eigenvalue weighted by atomic mass is 9.69. The minimum Gasteiger partial charge on any atom is -0.353 e. The summed E-state index contributed by atoms with van der Waals surface area (Å²) in [7, 11) is 0. The van der Waals surface area contributed by atoms with Crippen LogP contribution in [0.1, 0.15) is 69.7 Å². The van der Waals surface area contributed by atoms with E-state index in [1.165, 1.54) is 19.3 Å². The van der Waals surface area contributed by atoms with Crippen molar-refractivity contribution >= 4 is 23.4 Å². The second-order valence-corrected chi connectivity index (χ2v) is 8.35. The molecule has 0 bridgehead atoms. The molecule has 2 rings (SSSR count). The maximum atomic E-state index is 12.1. The van der Waals surface area contributed by atoms with Crippen molar-refractivity contribution in [2.24, 2.45) is 11.3 Å². The highest BCUT2D eigenvalue weighted by Gasteiger charge is 2.32. The van der Waals surface area contributed by atoms with Crippen LogP contribution in [0.2, 0.25) is 5.02 Å². The summed E-state index contributed by atoms with van der Waals surface area (Å²) in [6.07, 6.45) is 5.93. The number of nitrogens with one attached hydrogen (secondary N) is 2. The van der Waals surface area contributed by atoms with Crippen LogP contribution in [0.25, 0.3) is 0 Å². The summed E-state index contributed by atoms with van der Waals surface area (Å²) in [4.78, 5) is 24.2. The van der Waals surface area contributed by atoms with Crippen molar-refractivity contribution in [2.75, 3.05) is 6.54 Å². The van der Waals surface area contributed by atoms with Gasteiger partial charge in [-0.3, -0.25) is 9.59 Å². The van der Waals surface area contributed by atoms with Crippen molar-refractivity contribution in [1.29, 1.82) is 0 Å². The van der Waals surface area contributed by atoms with Crippen LogP contribution in [-0.4, -0.2) is 24.4 Å². The summed E-state index contributed by atoms with van der Waals surface area (Å²) in [5.74, 6) is 0.504. The minimum atomic E-state index is -0.245. The maximum absolute atomic E-state index is 12.1. The Morgan fingerprint density at radius 1 is 1.15 bits per heavy atom. The molecule has 1 saturated carbocycles. The number of carbonyl (C=O) groups excluding carboxylic acids is 2. The van der Waals surface area contributed by atoms with Crippen molar-refractivity contribution in [1.82, 2.24) is 10.6 Å². The van der Waals surface area contributed by atoms with E-state index in [0.29, 0.717) is 22.5 Å². The highest BCUT2D eigenvalue weighted by atomic mass is 35.5. The molecule has 1 aromatic rings. The average molecular weight is 379 g/mol. The van der Waals surface area contributed by atoms with Gasteiger partial charge >= 0.3 is 0 Å². The van der Waals surface area contributed by atoms with Gasteiger partial charge in [0.15, 0.2) is 0 Å². The quantitative estimate of drug-likeness (QED) is 0.730. The molecule has 0 atom stereocenters. The second kappa shape index (κ2) is 9.40. The normalized spacial score (nSPS) is 20.5. The molecule has 26 heavy (non-hydrogen) atoms. The Morgan fingerprint density at radius 2 is 1.81 bits per heavy atom. The number of hydrogen-bond donors (Lipinski definition) is 2. The third-order valence-corrected chi connectivity index (χ3v) is 6.19. The van der Waals surface area contributed by atoms with Crippen LogP contribution in [0.5, 0.6) is 0 Å². The zero-order valence-electron chi connectivity index (χ0n) is 16.1. The Hall–Kier alpha value is -1.55. The Kier molecular flexibility index (Phi) is 7.51. The molecule has 1 aliphatic rings. The molecule has 2 amide bonds. The Labute approximate surface area is 162 Å². The van der Waals surface area contributed by atoms with E-state index in [1.807, 2.05) is 0 Å². The fourth-order valence-electron chi connectivity index (χ4n) is 3.64. The van der Waals surface area contributed by atoms with E-state index in [1.54, 1.807) is 24.3 Å². The third kappa shape index (κ3) is 5.73. The summed E-state index contributed by atoms with van der Waals surface area (Å²) in [6, 6.07) is 7.17. The summed E-state index contributed by atoms with van der Waals surface area (Å²) < 4.78 is 0. The van der Waals surface area contributed by atoms with Crippen LogP contribution >= 0.6 is 11.6 Å². The van der Waals surface area contributed by atoms with Crippen LogP contribution in [0, 0.1) is 11.3 Å². The van der Waals surface area contributed by atoms with Gasteiger partial charge in [0.2, 0.25) is 5.91 Å². The van der Waals surface area contributed by atoms with Gasteiger partial charge in [-0.05, 0) is 49.1 Å². The molecule has 144 valence electrons. The first-order valence-electron chi connectivity index (χ1n) is 9.65. The van der Waals surface area contributed by atoms with Crippen LogP contribution in [0.3, 0.4) is 0 Å². The monoisotopic (exact) mass is 378 g/mol. The predicted molar refractivity (Wildman–Crippen MR) is 106 cm³/mol. The highest BCUT2D eigenvalue weighted by Crippen LogP contribution is 2.40. The van der Waals surface area contributed by atoms with E-state index in [0.717, 1.165) is 18.8 Å². The molecule has 0 aliphatic heterocycles. The summed E-state index contributed by atoms with van der Waals surface area (Å²) >= 11 is 6.00. The maximum Gasteiger partial charge on any atom is 0.252 e. The van der Waals surface area contributed by atoms with Gasteiger partial charge in [0.1, 0.15) is 0 Å². The molecule has 0 saturated heterocycles. The lowest BCUT2D eigenvalue weighted by Gasteiger charge is -2.39. The van der Waals surface area contributed by atoms with E-state index < -0.39 is 0 Å². The van der Waals surface area contributed by atoms with Crippen LogP contribution in [0.15, 0.2) is 24.3 Å². The van der Waals surface area contributed by atoms with Crippen molar-refractivity contribution in [3.63, 3.8) is 0 Å². The zero-order chi connectivity index (χ0) is 19.2. The molecule has 0 aromatic heterocycles. The van der Waals surface area contributed by atoms with Crippen LogP contribution in [0.4, 0.5) is 0 Å². The number of benzene rings is 1. The van der Waals surface area contributed by atoms with Crippen molar-refractivity contribution < 1.29 is 9.59 Å². The Balaban J connectivity index is 1.68. The minimum absolute atomic E-state index is 0.00246. The van der Waals surface area contributed by atoms with Crippen LogP contribution < -0.4 is 10.6 Å². The SMILES string of the molecule is CCC(C)(C)C1CCC(NC(=O)CCNC(=O)c2ccccc2Cl)CC1. The highest BCUT2D eigenvalue weighted by molar-refractivity contribution is 6.33. The molecule has 0 spiro atoms. The van der Waals surface area contributed by atoms with Gasteiger partial charge in [-0.25, -0.2) is 0 Å². The molecule has 1 fully saturated rings. The first kappa shape index (κ1) is 20.8. The molecule has 4 nitrogen and oxygen atoms in total. The molecule has 1 aliphatic carbocycles. The van der Waals surface area contributed by atoms with Gasteiger partial charge in [0.05, 0.1) is 10.6 Å². The fraction of sp³-hybridized carbons (Fsp3) is 0.619. The summed E-state index contributed by atoms with van der Waals surface area (Å²) in [5.41, 5.74) is 0.823. The third-order valence-electron chi connectivity index (χ3n) is 5.86. The molecular weight excluding hydrogens is 348 g/mol. The van der Waals surface area contributed by atoms with Crippen LogP contribution in [-0.2, 0) is 4.79 Å². The number of carbonyl (C=O) groups is 2. The number of hydrogen-bond acceptors (Lipinski definition) is 2. The van der Waals surface area contributed by atoms with E-state index in [4.69, 9.17) is 11.6 Å². The first-order valence-corrected chi connectivity index (χ1v) is 10.0. The molecule has 0 heterocycles.